The van der Waals surface area contributed by atoms with E-state index in [1.165, 1.54) is 0 Å². The number of rotatable bonds is 5. The molecule has 0 aromatic carbocycles. The maximum Gasteiger partial charge on any atom is 0.408 e. The Hall–Kier alpha value is -2.91. The van der Waals surface area contributed by atoms with E-state index in [0.717, 1.165) is 12.3 Å². The van der Waals surface area contributed by atoms with Gasteiger partial charge >= 0.3 is 23.3 Å². The predicted octanol–water partition coefficient (Wildman–Crippen LogP) is 0.804. The first-order valence-electron chi connectivity index (χ1n) is 6.58. The molecular weight excluding hydrogens is 310 g/mol. The van der Waals surface area contributed by atoms with Gasteiger partial charge in [-0.25, -0.2) is 9.59 Å². The normalized spacial score (nSPS) is 12.3. The number of carboxylic acids is 1. The number of H-pyrrole nitrogens is 1. The third-order valence-electron chi connectivity index (χ3n) is 2.57. The molecule has 0 saturated carbocycles. The number of hydrogen-bond acceptors (Lipinski definition) is 6. The molecule has 0 aliphatic heterocycles. The van der Waals surface area contributed by atoms with Crippen LogP contribution >= 0.6 is 0 Å². The number of aliphatic carboxylic acids is 1. The van der Waals surface area contributed by atoms with Gasteiger partial charge in [-0.2, -0.15) is 0 Å². The summed E-state index contributed by atoms with van der Waals surface area (Å²) in [4.78, 5) is 46.1. The number of alkyl carbamates (subject to hydrolysis) is 1. The molecular formula is C13H17N3O7. The van der Waals surface area contributed by atoms with Gasteiger partial charge < -0.3 is 20.1 Å². The van der Waals surface area contributed by atoms with Gasteiger partial charge in [0.1, 0.15) is 11.6 Å². The Kier molecular flexibility index (Phi) is 5.44. The molecule has 1 unspecified atom stereocenters. The van der Waals surface area contributed by atoms with E-state index in [-0.39, 0.29) is 12.0 Å². The Morgan fingerprint density at radius 1 is 1.48 bits per heavy atom. The van der Waals surface area contributed by atoms with Gasteiger partial charge in [-0.15, -0.1) is 0 Å². The third kappa shape index (κ3) is 5.77. The maximum atomic E-state index is 11.6. The standard InChI is InChI=1S/C13H17N3O7/c1-13(2,3)23-12(20)15-8(11(18)19)4-7-5-9(16(21)22)10(17)14-6-7/h5-6,8H,4H2,1-3H3,(H,14,17)(H,15,20)(H,18,19). The highest BCUT2D eigenvalue weighted by atomic mass is 16.6. The summed E-state index contributed by atoms with van der Waals surface area (Å²) in [6, 6.07) is -0.402. The van der Waals surface area contributed by atoms with Crippen LogP contribution in [-0.2, 0) is 16.0 Å². The summed E-state index contributed by atoms with van der Waals surface area (Å²) in [6.07, 6.45) is -0.0299. The largest absolute Gasteiger partial charge is 0.480 e. The molecule has 1 rings (SSSR count). The summed E-state index contributed by atoms with van der Waals surface area (Å²) in [6.45, 7) is 4.86. The number of amides is 1. The van der Waals surface area contributed by atoms with E-state index < -0.39 is 39.9 Å². The summed E-state index contributed by atoms with van der Waals surface area (Å²) in [5.41, 5.74) is -2.22. The van der Waals surface area contributed by atoms with Crippen LogP contribution in [0.25, 0.3) is 0 Å². The molecule has 10 heteroatoms. The molecule has 1 heterocycles. The lowest BCUT2D eigenvalue weighted by Gasteiger charge is -2.22. The van der Waals surface area contributed by atoms with E-state index in [1.54, 1.807) is 20.8 Å². The third-order valence-corrected chi connectivity index (χ3v) is 2.57. The molecule has 0 fully saturated rings. The van der Waals surface area contributed by atoms with Crippen molar-refractivity contribution in [1.29, 1.82) is 0 Å². The topological polar surface area (TPSA) is 152 Å². The van der Waals surface area contributed by atoms with Crippen molar-refractivity contribution in [2.75, 3.05) is 0 Å². The van der Waals surface area contributed by atoms with Crippen molar-refractivity contribution in [3.63, 3.8) is 0 Å². The van der Waals surface area contributed by atoms with Crippen LogP contribution in [0.2, 0.25) is 0 Å². The van der Waals surface area contributed by atoms with Crippen LogP contribution in [0.15, 0.2) is 17.1 Å². The number of carbonyl (C=O) groups is 2. The fourth-order valence-electron chi connectivity index (χ4n) is 1.65. The van der Waals surface area contributed by atoms with Gasteiger partial charge in [0.2, 0.25) is 0 Å². The lowest BCUT2D eigenvalue weighted by Crippen LogP contribution is -2.44. The van der Waals surface area contributed by atoms with Crippen molar-refractivity contribution >= 4 is 17.7 Å². The Labute approximate surface area is 130 Å². The first-order chi connectivity index (χ1) is 10.5. The minimum atomic E-state index is -1.37. The van der Waals surface area contributed by atoms with Gasteiger partial charge in [-0.1, -0.05) is 0 Å². The molecule has 1 atom stereocenters. The second-order valence-electron chi connectivity index (χ2n) is 5.72. The van der Waals surface area contributed by atoms with Crippen molar-refractivity contribution in [2.45, 2.75) is 38.8 Å². The van der Waals surface area contributed by atoms with E-state index in [4.69, 9.17) is 9.84 Å². The number of ether oxygens (including phenoxy) is 1. The van der Waals surface area contributed by atoms with E-state index >= 15 is 0 Å². The molecule has 0 aliphatic carbocycles. The van der Waals surface area contributed by atoms with Gasteiger partial charge in [0.15, 0.2) is 0 Å². The summed E-state index contributed by atoms with van der Waals surface area (Å²) >= 11 is 0. The predicted molar refractivity (Wildman–Crippen MR) is 78.2 cm³/mol. The molecule has 126 valence electrons. The molecule has 3 N–H and O–H groups in total. The van der Waals surface area contributed by atoms with E-state index in [1.807, 2.05) is 0 Å². The number of carboxylic acid groups (broad SMARTS) is 1. The number of hydrogen-bond donors (Lipinski definition) is 3. The number of pyridine rings is 1. The maximum absolute atomic E-state index is 11.6. The van der Waals surface area contributed by atoms with Gasteiger partial charge in [-0.3, -0.25) is 14.9 Å². The van der Waals surface area contributed by atoms with E-state index in [0.29, 0.717) is 0 Å². The molecule has 1 amide bonds. The lowest BCUT2D eigenvalue weighted by molar-refractivity contribution is -0.386. The highest BCUT2D eigenvalue weighted by Crippen LogP contribution is 2.10. The van der Waals surface area contributed by atoms with E-state index in [9.17, 15) is 24.5 Å². The van der Waals surface area contributed by atoms with Gasteiger partial charge in [0.25, 0.3) is 0 Å². The second-order valence-corrected chi connectivity index (χ2v) is 5.72. The van der Waals surface area contributed by atoms with Gasteiger partial charge in [0.05, 0.1) is 4.92 Å². The highest BCUT2D eigenvalue weighted by Gasteiger charge is 2.25. The molecule has 10 nitrogen and oxygen atoms in total. The number of aromatic amines is 1. The number of nitrogens with one attached hydrogen (secondary N) is 2. The fraction of sp³-hybridized carbons (Fsp3) is 0.462. The zero-order valence-corrected chi connectivity index (χ0v) is 12.8. The van der Waals surface area contributed by atoms with Crippen LogP contribution < -0.4 is 10.9 Å². The molecule has 1 aromatic heterocycles. The monoisotopic (exact) mass is 327 g/mol. The molecule has 23 heavy (non-hydrogen) atoms. The minimum absolute atomic E-state index is 0.180. The van der Waals surface area contributed by atoms with Crippen LogP contribution in [0.4, 0.5) is 10.5 Å². The van der Waals surface area contributed by atoms with Crippen molar-refractivity contribution in [3.05, 3.63) is 38.3 Å². The van der Waals surface area contributed by atoms with Crippen LogP contribution in [-0.4, -0.2) is 38.7 Å². The summed E-state index contributed by atoms with van der Waals surface area (Å²) in [5, 5.41) is 22.0. The van der Waals surface area contributed by atoms with Crippen molar-refractivity contribution < 1.29 is 24.4 Å². The number of nitro groups is 1. The summed E-state index contributed by atoms with van der Waals surface area (Å²) in [7, 11) is 0. The first kappa shape index (κ1) is 18.1. The minimum Gasteiger partial charge on any atom is -0.480 e. The fourth-order valence-corrected chi connectivity index (χ4v) is 1.65. The van der Waals surface area contributed by atoms with Crippen LogP contribution in [0.5, 0.6) is 0 Å². The lowest BCUT2D eigenvalue weighted by atomic mass is 10.1. The average Bonchev–Trinajstić information content (AvgIpc) is 2.37. The highest BCUT2D eigenvalue weighted by molar-refractivity contribution is 5.80. The van der Waals surface area contributed by atoms with Gasteiger partial charge in [0, 0.05) is 18.7 Å². The summed E-state index contributed by atoms with van der Waals surface area (Å²) < 4.78 is 4.96. The number of carbonyl (C=O) groups excluding carboxylic acids is 1. The van der Waals surface area contributed by atoms with Crippen LogP contribution in [0.1, 0.15) is 26.3 Å². The molecule has 0 bridgehead atoms. The van der Waals surface area contributed by atoms with Crippen LogP contribution in [0, 0.1) is 10.1 Å². The zero-order chi connectivity index (χ0) is 17.8. The Bertz CT molecular complexity index is 675. The Balaban J connectivity index is 2.91. The van der Waals surface area contributed by atoms with E-state index in [2.05, 4.69) is 10.3 Å². The molecule has 1 aromatic rings. The molecule has 0 saturated heterocycles. The molecule has 0 spiro atoms. The summed E-state index contributed by atoms with van der Waals surface area (Å²) in [5.74, 6) is -1.34. The molecule has 0 aliphatic rings. The average molecular weight is 327 g/mol. The zero-order valence-electron chi connectivity index (χ0n) is 12.8. The number of aromatic nitrogens is 1. The first-order valence-corrected chi connectivity index (χ1v) is 6.58. The quantitative estimate of drug-likeness (QED) is 0.534. The van der Waals surface area contributed by atoms with Crippen molar-refractivity contribution in [1.82, 2.24) is 10.3 Å². The SMILES string of the molecule is CC(C)(C)OC(=O)NC(Cc1c[nH]c(=O)c([N+](=O)[O-])c1)C(=O)O. The van der Waals surface area contributed by atoms with Gasteiger partial charge in [-0.05, 0) is 26.3 Å². The Morgan fingerprint density at radius 3 is 2.57 bits per heavy atom. The smallest absolute Gasteiger partial charge is 0.408 e. The number of nitrogens with zero attached hydrogens (tertiary/aromatic N) is 1. The molecule has 0 radical (unpaired) electrons. The second kappa shape index (κ2) is 6.90. The van der Waals surface area contributed by atoms with Crippen LogP contribution in [0.3, 0.4) is 0 Å². The Morgan fingerprint density at radius 2 is 2.09 bits per heavy atom. The van der Waals surface area contributed by atoms with Crippen molar-refractivity contribution in [3.8, 4) is 0 Å². The van der Waals surface area contributed by atoms with Crippen molar-refractivity contribution in [2.24, 2.45) is 0 Å².